The molecule has 0 aliphatic carbocycles. The van der Waals surface area contributed by atoms with Crippen LogP contribution in [-0.2, 0) is 41.7 Å². The first kappa shape index (κ1) is 48.0. The molecule has 4 rings (SSSR count). The molecule has 0 saturated carbocycles. The van der Waals surface area contributed by atoms with Crippen LogP contribution in [0.4, 0.5) is 0 Å². The number of hydrogen-bond donors (Lipinski definition) is 1. The van der Waals surface area contributed by atoms with Crippen LogP contribution in [0.3, 0.4) is 0 Å². The van der Waals surface area contributed by atoms with Crippen molar-refractivity contribution in [3.8, 4) is 0 Å². The van der Waals surface area contributed by atoms with E-state index in [2.05, 4.69) is 67.7 Å². The van der Waals surface area contributed by atoms with E-state index in [4.69, 9.17) is 38.3 Å². The summed E-state index contributed by atoms with van der Waals surface area (Å²) >= 11 is 0. The average molecular weight is 838 g/mol. The number of aliphatic hydroxyl groups is 1. The molecule has 2 fully saturated rings. The maximum atomic E-state index is 12.3. The predicted octanol–water partition coefficient (Wildman–Crippen LogP) is 8.74. The van der Waals surface area contributed by atoms with Crippen molar-refractivity contribution in [3.63, 3.8) is 0 Å². The Morgan fingerprint density at radius 3 is 1.45 bits per heavy atom. The second-order valence-corrected chi connectivity index (χ2v) is 30.7. The predicted molar refractivity (Wildman–Crippen MR) is 218 cm³/mol. The molecule has 2 saturated heterocycles. The molecular weight excluding hydrogens is 772 g/mol. The van der Waals surface area contributed by atoms with Crippen molar-refractivity contribution in [2.24, 2.45) is 0 Å². The highest BCUT2D eigenvalue weighted by Crippen LogP contribution is 2.40. The third-order valence-corrected chi connectivity index (χ3v) is 22.1. The van der Waals surface area contributed by atoms with Gasteiger partial charge in [-0.05, 0) is 87.2 Å². The minimum Gasteiger partial charge on any atom is -0.414 e. The zero-order valence-electron chi connectivity index (χ0n) is 33.9. The van der Waals surface area contributed by atoms with Crippen LogP contribution in [-0.4, -0.2) is 89.4 Å². The van der Waals surface area contributed by atoms with Crippen LogP contribution in [0.2, 0.25) is 36.3 Å². The van der Waals surface area contributed by atoms with Crippen LogP contribution in [0, 0.1) is 13.8 Å². The van der Waals surface area contributed by atoms with Crippen LogP contribution < -0.4 is 0 Å². The number of rotatable bonds is 10. The maximum Gasteiger partial charge on any atom is 0.297 e. The zero-order chi connectivity index (χ0) is 40.5. The number of hydrogen-bond acceptors (Lipinski definition) is 10. The van der Waals surface area contributed by atoms with Gasteiger partial charge in [-0.2, -0.15) is 8.42 Å². The van der Waals surface area contributed by atoms with Gasteiger partial charge in [-0.25, -0.2) is 8.42 Å². The normalized spacial score (nSPS) is 21.8. The monoisotopic (exact) mass is 836 g/mol. The van der Waals surface area contributed by atoms with E-state index in [1.54, 1.807) is 36.4 Å². The summed E-state index contributed by atoms with van der Waals surface area (Å²) in [5.74, 6) is 0. The Labute approximate surface area is 327 Å². The van der Waals surface area contributed by atoms with E-state index >= 15 is 0 Å². The summed E-state index contributed by atoms with van der Waals surface area (Å²) in [6.45, 7) is 27.6. The lowest BCUT2D eigenvalue weighted by molar-refractivity contribution is -0.0604. The Kier molecular flexibility index (Phi) is 17.9. The van der Waals surface area contributed by atoms with E-state index in [0.29, 0.717) is 19.6 Å². The molecule has 0 radical (unpaired) electrons. The Morgan fingerprint density at radius 2 is 1.08 bits per heavy atom. The fraction of sp³-hybridized carbons (Fsp3) is 0.684. The van der Waals surface area contributed by atoms with Crippen LogP contribution in [0.25, 0.3) is 0 Å². The highest BCUT2D eigenvalue weighted by Gasteiger charge is 2.41. The van der Waals surface area contributed by atoms with E-state index in [0.717, 1.165) is 30.4 Å². The lowest BCUT2D eigenvalue weighted by Crippen LogP contribution is -2.46. The lowest BCUT2D eigenvalue weighted by Gasteiger charge is -2.41. The molecule has 2 aromatic carbocycles. The first-order valence-electron chi connectivity index (χ1n) is 18.3. The van der Waals surface area contributed by atoms with Crippen LogP contribution in [0.1, 0.15) is 78.4 Å². The average Bonchev–Trinajstić information content (AvgIpc) is 3.03. The number of aliphatic hydroxyl groups excluding tert-OH is 1. The van der Waals surface area contributed by atoms with Gasteiger partial charge < -0.3 is 23.4 Å². The Balaban J connectivity index is 0.000000305. The van der Waals surface area contributed by atoms with Gasteiger partial charge in [0, 0.05) is 48.9 Å². The number of benzene rings is 2. The van der Waals surface area contributed by atoms with Crippen LogP contribution in [0.15, 0.2) is 58.3 Å². The standard InChI is InChI=1S/C19H32O5SSi.C12H26O3Si.C7H7ClO2S/c1-15-7-9-18(10-8-15)25(20,21)23-14-17-13-16(11-12-22-17)24-26(5,6)19(2,3)4;1-12(2,3)16(4,5)15-10-6-7-14-11(8-10)9-13;1-6-2-4-7(5-3-6)11(8,9)10/h7-10,16-17H,11-14H2,1-6H3;10-11,13H,6-9H2,1-5H3;2-5H,1H3/t16-,17+;10-,11+;/m00./s1. The molecule has 1 N–H and O–H groups in total. The van der Waals surface area contributed by atoms with E-state index < -0.39 is 35.8 Å². The van der Waals surface area contributed by atoms with Gasteiger partial charge in [0.25, 0.3) is 19.2 Å². The summed E-state index contributed by atoms with van der Waals surface area (Å²) < 4.78 is 75.2. The minimum absolute atomic E-state index is 0.0214. The number of halogens is 1. The summed E-state index contributed by atoms with van der Waals surface area (Å²) in [6, 6.07) is 13.0. The third-order valence-electron chi connectivity index (χ3n) is 10.4. The smallest absolute Gasteiger partial charge is 0.297 e. The summed E-state index contributed by atoms with van der Waals surface area (Å²) in [6.07, 6.45) is 3.38. The zero-order valence-corrected chi connectivity index (χ0v) is 38.3. The molecule has 2 aliphatic heterocycles. The maximum absolute atomic E-state index is 12.3. The van der Waals surface area contributed by atoms with E-state index in [9.17, 15) is 16.8 Å². The number of ether oxygens (including phenoxy) is 2. The quantitative estimate of drug-likeness (QED) is 0.141. The van der Waals surface area contributed by atoms with Gasteiger partial charge in [-0.3, -0.25) is 4.18 Å². The van der Waals surface area contributed by atoms with Crippen molar-refractivity contribution < 1.29 is 44.5 Å². The van der Waals surface area contributed by atoms with E-state index in [1.807, 2.05) is 13.8 Å². The van der Waals surface area contributed by atoms with Crippen molar-refractivity contribution in [2.75, 3.05) is 26.4 Å². The third kappa shape index (κ3) is 16.1. The second-order valence-electron chi connectivity index (χ2n) is 17.0. The minimum atomic E-state index is -3.76. The van der Waals surface area contributed by atoms with Gasteiger partial charge in [0.05, 0.1) is 35.2 Å². The highest BCUT2D eigenvalue weighted by atomic mass is 35.7. The van der Waals surface area contributed by atoms with Gasteiger partial charge in [-0.1, -0.05) is 76.9 Å². The molecule has 0 spiro atoms. The van der Waals surface area contributed by atoms with Crippen molar-refractivity contribution >= 4 is 46.5 Å². The van der Waals surface area contributed by atoms with Crippen molar-refractivity contribution in [1.82, 2.24) is 0 Å². The molecule has 0 bridgehead atoms. The number of aryl methyl sites for hydroxylation is 2. The lowest BCUT2D eigenvalue weighted by atomic mass is 10.1. The highest BCUT2D eigenvalue weighted by molar-refractivity contribution is 8.13. The molecule has 53 heavy (non-hydrogen) atoms. The molecule has 2 aliphatic rings. The molecule has 304 valence electrons. The van der Waals surface area contributed by atoms with E-state index in [1.165, 1.54) is 12.1 Å². The molecule has 2 heterocycles. The Bertz CT molecular complexity index is 1620. The Hall–Kier alpha value is -1.18. The van der Waals surface area contributed by atoms with Gasteiger partial charge in [0.2, 0.25) is 0 Å². The molecule has 0 unspecified atom stereocenters. The van der Waals surface area contributed by atoms with Gasteiger partial charge in [0.15, 0.2) is 16.6 Å². The van der Waals surface area contributed by atoms with Crippen molar-refractivity contribution in [2.45, 2.75) is 152 Å². The fourth-order valence-corrected chi connectivity index (χ4v) is 9.48. The summed E-state index contributed by atoms with van der Waals surface area (Å²) in [4.78, 5) is 0.317. The van der Waals surface area contributed by atoms with Crippen LogP contribution in [0.5, 0.6) is 0 Å². The molecule has 4 atom stereocenters. The second kappa shape index (κ2) is 19.8. The van der Waals surface area contributed by atoms with Gasteiger partial charge in [-0.15, -0.1) is 0 Å². The molecular formula is C38H65ClO10S2Si2. The molecule has 0 amide bonds. The topological polar surface area (TPSA) is 135 Å². The first-order valence-corrected chi connectivity index (χ1v) is 27.9. The SMILES string of the molecule is CC(C)(C)[Si](C)(C)O[C@H]1CCO[C@@H](CO)C1.Cc1ccc(S(=O)(=O)Cl)cc1.Cc1ccc(S(=O)(=O)OC[C@H]2C[C@@H](O[Si](C)(C)C(C)(C)C)CCO2)cc1. The molecule has 10 nitrogen and oxygen atoms in total. The van der Waals surface area contributed by atoms with Crippen molar-refractivity contribution in [1.29, 1.82) is 0 Å². The molecule has 2 aromatic rings. The van der Waals surface area contributed by atoms with Gasteiger partial charge >= 0.3 is 0 Å². The van der Waals surface area contributed by atoms with Gasteiger partial charge in [0.1, 0.15) is 0 Å². The summed E-state index contributed by atoms with van der Waals surface area (Å²) in [5.41, 5.74) is 2.01. The molecule has 0 aromatic heterocycles. The van der Waals surface area contributed by atoms with Crippen molar-refractivity contribution in [3.05, 3.63) is 59.7 Å². The van der Waals surface area contributed by atoms with Crippen LogP contribution >= 0.6 is 10.7 Å². The Morgan fingerprint density at radius 1 is 0.698 bits per heavy atom. The first-order chi connectivity index (χ1) is 24.2. The fourth-order valence-electron chi connectivity index (χ4n) is 4.97. The van der Waals surface area contributed by atoms with E-state index in [-0.39, 0.29) is 57.5 Å². The summed E-state index contributed by atoms with van der Waals surface area (Å²) in [7, 11) is -5.75. The summed E-state index contributed by atoms with van der Waals surface area (Å²) in [5, 5.41) is 9.49. The largest absolute Gasteiger partial charge is 0.414 e. The molecule has 15 heteroatoms.